The average Bonchev–Trinajstić information content (AvgIpc) is 3.11. The molecule has 1 aromatic heterocycles. The van der Waals surface area contributed by atoms with Crippen LogP contribution in [0.4, 0.5) is 4.39 Å². The first kappa shape index (κ1) is 23.8. The number of aromatic nitrogens is 2. The highest BCUT2D eigenvalue weighted by molar-refractivity contribution is 8.24. The maximum Gasteiger partial charge on any atom is 0.251 e. The second kappa shape index (κ2) is 9.60. The van der Waals surface area contributed by atoms with Crippen LogP contribution >= 0.6 is 22.2 Å². The maximum absolute atomic E-state index is 13.6. The van der Waals surface area contributed by atoms with Gasteiger partial charge in [-0.2, -0.15) is 15.7 Å². The fourth-order valence-electron chi connectivity index (χ4n) is 4.23. The first-order chi connectivity index (χ1) is 16.8. The molecule has 0 spiro atoms. The largest absolute Gasteiger partial charge is 0.346 e. The Balaban J connectivity index is 1.56. The lowest BCUT2D eigenvalue weighted by molar-refractivity contribution is 0.0940. The first-order valence-electron chi connectivity index (χ1n) is 11.1. The van der Waals surface area contributed by atoms with E-state index in [0.29, 0.717) is 40.6 Å². The molecule has 1 atom stereocenters. The van der Waals surface area contributed by atoms with Gasteiger partial charge in [0.05, 0.1) is 28.0 Å². The standard InChI is InChI=1S/C25H24ClFN4O3S/c26-22-4-2-1-3-20(22)24-21-10-5-16(25(32)29-18-14-28-11-12-35(33,34)15-18)13-23(21)31(30-24)19-8-6-17(27)7-9-19/h1-10,13,18,28,33-34H,11-12,14-15H2,(H,29,32). The van der Waals surface area contributed by atoms with E-state index >= 15 is 0 Å². The topological polar surface area (TPSA) is 99.4 Å². The summed E-state index contributed by atoms with van der Waals surface area (Å²) >= 11 is 6.45. The van der Waals surface area contributed by atoms with Crippen LogP contribution in [-0.4, -0.2) is 55.4 Å². The van der Waals surface area contributed by atoms with Gasteiger partial charge in [0.1, 0.15) is 11.5 Å². The van der Waals surface area contributed by atoms with E-state index in [4.69, 9.17) is 16.7 Å². The van der Waals surface area contributed by atoms with Gasteiger partial charge >= 0.3 is 0 Å². The summed E-state index contributed by atoms with van der Waals surface area (Å²) in [6, 6.07) is 18.1. The van der Waals surface area contributed by atoms with Crippen LogP contribution in [0, 0.1) is 5.82 Å². The lowest BCUT2D eigenvalue weighted by Gasteiger charge is -2.32. The predicted molar refractivity (Wildman–Crippen MR) is 138 cm³/mol. The van der Waals surface area contributed by atoms with Gasteiger partial charge in [-0.25, -0.2) is 9.07 Å². The molecule has 0 radical (unpaired) electrons. The van der Waals surface area contributed by atoms with Crippen molar-refractivity contribution in [2.45, 2.75) is 6.04 Å². The van der Waals surface area contributed by atoms with Crippen LogP contribution < -0.4 is 10.6 Å². The molecule has 0 bridgehead atoms. The number of rotatable bonds is 4. The predicted octanol–water partition coefficient (Wildman–Crippen LogP) is 4.94. The Kier molecular flexibility index (Phi) is 6.52. The lowest BCUT2D eigenvalue weighted by Crippen LogP contribution is -2.43. The smallest absolute Gasteiger partial charge is 0.251 e. The number of hydrogen-bond donors (Lipinski definition) is 4. The van der Waals surface area contributed by atoms with E-state index in [-0.39, 0.29) is 23.2 Å². The van der Waals surface area contributed by atoms with Crippen LogP contribution in [0.15, 0.2) is 66.7 Å². The number of fused-ring (bicyclic) bond motifs is 1. The van der Waals surface area contributed by atoms with E-state index in [1.54, 1.807) is 35.0 Å². The summed E-state index contributed by atoms with van der Waals surface area (Å²) in [5.41, 5.74) is 3.07. The van der Waals surface area contributed by atoms with Crippen LogP contribution in [0.3, 0.4) is 0 Å². The maximum atomic E-state index is 13.6. The second-order valence-electron chi connectivity index (χ2n) is 8.50. The Morgan fingerprint density at radius 3 is 2.69 bits per heavy atom. The van der Waals surface area contributed by atoms with Crippen LogP contribution in [0.5, 0.6) is 0 Å². The van der Waals surface area contributed by atoms with Gasteiger partial charge in [0.15, 0.2) is 0 Å². The molecule has 0 aliphatic carbocycles. The van der Waals surface area contributed by atoms with E-state index < -0.39 is 16.6 Å². The molecule has 1 unspecified atom stereocenters. The molecule has 1 saturated heterocycles. The van der Waals surface area contributed by atoms with Crippen LogP contribution in [0.2, 0.25) is 5.02 Å². The van der Waals surface area contributed by atoms with Crippen molar-refractivity contribution >= 4 is 39.0 Å². The molecule has 35 heavy (non-hydrogen) atoms. The first-order valence-corrected chi connectivity index (χ1v) is 13.4. The van der Waals surface area contributed by atoms with E-state index in [1.165, 1.54) is 12.1 Å². The van der Waals surface area contributed by atoms with Gasteiger partial charge in [0.2, 0.25) is 0 Å². The van der Waals surface area contributed by atoms with Crippen molar-refractivity contribution in [2.75, 3.05) is 24.6 Å². The lowest BCUT2D eigenvalue weighted by atomic mass is 10.1. The molecule has 4 N–H and O–H groups in total. The Hall–Kier alpha value is -2.95. The molecular formula is C25H24ClFN4O3S. The highest BCUT2D eigenvalue weighted by Gasteiger charge is 2.25. The summed E-state index contributed by atoms with van der Waals surface area (Å²) in [5, 5.41) is 12.1. The zero-order valence-electron chi connectivity index (χ0n) is 18.6. The van der Waals surface area contributed by atoms with Gasteiger partial charge in [-0.15, -0.1) is 0 Å². The van der Waals surface area contributed by atoms with Crippen molar-refractivity contribution < 1.29 is 18.3 Å². The zero-order valence-corrected chi connectivity index (χ0v) is 20.2. The van der Waals surface area contributed by atoms with Crippen molar-refractivity contribution in [1.29, 1.82) is 0 Å². The molecule has 2 heterocycles. The molecule has 5 rings (SSSR count). The second-order valence-corrected chi connectivity index (χ2v) is 11.2. The van der Waals surface area contributed by atoms with E-state index in [9.17, 15) is 18.3 Å². The number of halogens is 2. The van der Waals surface area contributed by atoms with Gasteiger partial charge in [0, 0.05) is 35.4 Å². The third-order valence-corrected chi connectivity index (χ3v) is 8.07. The van der Waals surface area contributed by atoms with Crippen molar-refractivity contribution in [1.82, 2.24) is 20.4 Å². The molecule has 1 amide bonds. The fraction of sp³-hybridized carbons (Fsp3) is 0.200. The van der Waals surface area contributed by atoms with Crippen LogP contribution in [0.1, 0.15) is 10.4 Å². The quantitative estimate of drug-likeness (QED) is 0.309. The normalized spacial score (nSPS) is 18.7. The monoisotopic (exact) mass is 514 g/mol. The van der Waals surface area contributed by atoms with E-state index in [1.807, 2.05) is 24.3 Å². The van der Waals surface area contributed by atoms with Gasteiger partial charge < -0.3 is 10.6 Å². The average molecular weight is 515 g/mol. The third kappa shape index (κ3) is 5.05. The molecule has 4 aromatic rings. The van der Waals surface area contributed by atoms with Crippen molar-refractivity contribution in [3.63, 3.8) is 0 Å². The summed E-state index contributed by atoms with van der Waals surface area (Å²) in [5.74, 6) is -0.313. The molecule has 10 heteroatoms. The number of carbonyl (C=O) groups is 1. The number of benzene rings is 3. The summed E-state index contributed by atoms with van der Waals surface area (Å²) in [4.78, 5) is 13.1. The summed E-state index contributed by atoms with van der Waals surface area (Å²) in [6.07, 6.45) is 0. The summed E-state index contributed by atoms with van der Waals surface area (Å²) in [6.45, 7) is 0.941. The highest BCUT2D eigenvalue weighted by atomic mass is 35.5. The molecule has 1 aliphatic rings. The van der Waals surface area contributed by atoms with Gasteiger partial charge in [-0.05, 0) is 48.5 Å². The number of nitrogens with one attached hydrogen (secondary N) is 2. The Bertz CT molecular complexity index is 1390. The molecule has 0 saturated carbocycles. The van der Waals surface area contributed by atoms with Gasteiger partial charge in [-0.1, -0.05) is 29.8 Å². The Morgan fingerprint density at radius 2 is 1.91 bits per heavy atom. The van der Waals surface area contributed by atoms with Crippen molar-refractivity contribution in [3.05, 3.63) is 83.1 Å². The van der Waals surface area contributed by atoms with E-state index in [2.05, 4.69) is 10.6 Å². The van der Waals surface area contributed by atoms with Crippen molar-refractivity contribution in [3.8, 4) is 16.9 Å². The van der Waals surface area contributed by atoms with Crippen molar-refractivity contribution in [2.24, 2.45) is 0 Å². The molecule has 1 aliphatic heterocycles. The van der Waals surface area contributed by atoms with Gasteiger partial charge in [-0.3, -0.25) is 13.9 Å². The summed E-state index contributed by atoms with van der Waals surface area (Å²) in [7, 11) is -2.74. The van der Waals surface area contributed by atoms with Gasteiger partial charge in [0.25, 0.3) is 5.91 Å². The Morgan fingerprint density at radius 1 is 1.14 bits per heavy atom. The zero-order chi connectivity index (χ0) is 24.6. The SMILES string of the molecule is O=C(NC1CNCCS(O)(O)C1)c1ccc2c(-c3ccccc3Cl)nn(-c3ccc(F)cc3)c2c1. The summed E-state index contributed by atoms with van der Waals surface area (Å²) < 4.78 is 35.6. The minimum absolute atomic E-state index is 0.109. The van der Waals surface area contributed by atoms with Crippen LogP contribution in [-0.2, 0) is 0 Å². The fourth-order valence-corrected chi connectivity index (χ4v) is 5.93. The molecule has 7 nitrogen and oxygen atoms in total. The van der Waals surface area contributed by atoms with Crippen LogP contribution in [0.25, 0.3) is 27.8 Å². The third-order valence-electron chi connectivity index (χ3n) is 5.94. The molecule has 1 fully saturated rings. The minimum atomic E-state index is -2.74. The highest BCUT2D eigenvalue weighted by Crippen LogP contribution is 2.39. The number of amides is 1. The molecular weight excluding hydrogens is 491 g/mol. The molecule has 182 valence electrons. The number of carbonyl (C=O) groups excluding carboxylic acids is 1. The minimum Gasteiger partial charge on any atom is -0.346 e. The van der Waals surface area contributed by atoms with E-state index in [0.717, 1.165) is 10.9 Å². The molecule has 3 aromatic carbocycles. The number of hydrogen-bond acceptors (Lipinski definition) is 5. The number of nitrogens with zero attached hydrogens (tertiary/aromatic N) is 2. The Labute approximate surface area is 208 Å².